The van der Waals surface area contributed by atoms with Crippen LogP contribution in [0.25, 0.3) is 0 Å². The molecule has 1 heterocycles. The molecule has 0 radical (unpaired) electrons. The van der Waals surface area contributed by atoms with Gasteiger partial charge in [0.05, 0.1) is 17.7 Å². The third-order valence-corrected chi connectivity index (χ3v) is 3.10. The first-order chi connectivity index (χ1) is 8.09. The van der Waals surface area contributed by atoms with Crippen LogP contribution >= 0.6 is 0 Å². The SMILES string of the molecule is CC(NCC1CCC(C)(C)O1)C(=O)NC(C)(C)C. The van der Waals surface area contributed by atoms with Gasteiger partial charge in [-0.1, -0.05) is 0 Å². The highest BCUT2D eigenvalue weighted by atomic mass is 16.5. The quantitative estimate of drug-likeness (QED) is 0.807. The lowest BCUT2D eigenvalue weighted by atomic mass is 10.1. The monoisotopic (exact) mass is 256 g/mol. The van der Waals surface area contributed by atoms with E-state index in [-0.39, 0.29) is 29.2 Å². The number of amides is 1. The van der Waals surface area contributed by atoms with Crippen LogP contribution in [0.1, 0.15) is 54.4 Å². The third kappa shape index (κ3) is 5.36. The average Bonchev–Trinajstić information content (AvgIpc) is 2.52. The van der Waals surface area contributed by atoms with E-state index in [1.165, 1.54) is 0 Å². The molecular formula is C14H28N2O2. The van der Waals surface area contributed by atoms with E-state index in [0.29, 0.717) is 0 Å². The second-order valence-electron chi connectivity index (χ2n) is 6.91. The first-order valence-corrected chi connectivity index (χ1v) is 6.82. The molecule has 2 unspecified atom stereocenters. The molecule has 4 nitrogen and oxygen atoms in total. The van der Waals surface area contributed by atoms with Gasteiger partial charge in [-0.2, -0.15) is 0 Å². The summed E-state index contributed by atoms with van der Waals surface area (Å²) < 4.78 is 5.89. The fourth-order valence-electron chi connectivity index (χ4n) is 2.10. The normalized spacial score (nSPS) is 24.9. The maximum absolute atomic E-state index is 11.9. The number of hydrogen-bond donors (Lipinski definition) is 2. The van der Waals surface area contributed by atoms with Crippen molar-refractivity contribution in [2.24, 2.45) is 0 Å². The largest absolute Gasteiger partial charge is 0.371 e. The molecule has 0 aromatic carbocycles. The molecule has 0 aromatic rings. The van der Waals surface area contributed by atoms with Gasteiger partial charge in [-0.25, -0.2) is 0 Å². The van der Waals surface area contributed by atoms with Crippen LogP contribution < -0.4 is 10.6 Å². The molecule has 0 aliphatic carbocycles. The molecule has 0 spiro atoms. The number of carbonyl (C=O) groups excluding carboxylic acids is 1. The Bertz CT molecular complexity index is 295. The summed E-state index contributed by atoms with van der Waals surface area (Å²) in [6, 6.07) is -0.184. The number of hydrogen-bond acceptors (Lipinski definition) is 3. The molecule has 0 bridgehead atoms. The Morgan fingerprint density at radius 1 is 1.44 bits per heavy atom. The Morgan fingerprint density at radius 3 is 2.50 bits per heavy atom. The highest BCUT2D eigenvalue weighted by Crippen LogP contribution is 2.28. The van der Waals surface area contributed by atoms with E-state index in [1.54, 1.807) is 0 Å². The van der Waals surface area contributed by atoms with Gasteiger partial charge in [-0.3, -0.25) is 4.79 Å². The second-order valence-corrected chi connectivity index (χ2v) is 6.91. The van der Waals surface area contributed by atoms with E-state index in [2.05, 4.69) is 24.5 Å². The minimum Gasteiger partial charge on any atom is -0.371 e. The van der Waals surface area contributed by atoms with Gasteiger partial charge in [0.15, 0.2) is 0 Å². The Morgan fingerprint density at radius 2 is 2.06 bits per heavy atom. The Kier molecular flexibility index (Phi) is 4.78. The maximum atomic E-state index is 11.9. The second kappa shape index (κ2) is 5.57. The van der Waals surface area contributed by atoms with Crippen LogP contribution in [0.2, 0.25) is 0 Å². The maximum Gasteiger partial charge on any atom is 0.237 e. The summed E-state index contributed by atoms with van der Waals surface area (Å²) >= 11 is 0. The van der Waals surface area contributed by atoms with Crippen molar-refractivity contribution < 1.29 is 9.53 Å². The van der Waals surface area contributed by atoms with Crippen molar-refractivity contribution in [2.75, 3.05) is 6.54 Å². The molecular weight excluding hydrogens is 228 g/mol. The average molecular weight is 256 g/mol. The van der Waals surface area contributed by atoms with Crippen molar-refractivity contribution in [1.29, 1.82) is 0 Å². The number of ether oxygens (including phenoxy) is 1. The Balaban J connectivity index is 2.29. The van der Waals surface area contributed by atoms with E-state index in [4.69, 9.17) is 4.74 Å². The van der Waals surface area contributed by atoms with Crippen LogP contribution in [0.5, 0.6) is 0 Å². The van der Waals surface area contributed by atoms with E-state index in [1.807, 2.05) is 27.7 Å². The predicted molar refractivity (Wildman–Crippen MR) is 73.5 cm³/mol. The van der Waals surface area contributed by atoms with Crippen LogP contribution in [-0.2, 0) is 9.53 Å². The summed E-state index contributed by atoms with van der Waals surface area (Å²) in [5.74, 6) is 0.0414. The van der Waals surface area contributed by atoms with Gasteiger partial charge < -0.3 is 15.4 Å². The molecule has 1 amide bonds. The molecule has 1 aliphatic heterocycles. The zero-order valence-electron chi connectivity index (χ0n) is 12.6. The van der Waals surface area contributed by atoms with Crippen molar-refractivity contribution in [2.45, 2.75) is 77.7 Å². The summed E-state index contributed by atoms with van der Waals surface area (Å²) in [6.45, 7) is 12.8. The van der Waals surface area contributed by atoms with Crippen molar-refractivity contribution >= 4 is 5.91 Å². The van der Waals surface area contributed by atoms with Crippen molar-refractivity contribution in [3.05, 3.63) is 0 Å². The number of rotatable bonds is 4. The summed E-state index contributed by atoms with van der Waals surface area (Å²) in [4.78, 5) is 11.9. The minimum absolute atomic E-state index is 0.0107. The van der Waals surface area contributed by atoms with Gasteiger partial charge in [-0.05, 0) is 54.4 Å². The van der Waals surface area contributed by atoms with Crippen LogP contribution in [-0.4, -0.2) is 35.7 Å². The van der Waals surface area contributed by atoms with Crippen LogP contribution in [0.4, 0.5) is 0 Å². The lowest BCUT2D eigenvalue weighted by Gasteiger charge is -2.25. The molecule has 0 saturated carbocycles. The Labute approximate surface area is 111 Å². The molecule has 1 rings (SSSR count). The molecule has 4 heteroatoms. The topological polar surface area (TPSA) is 50.4 Å². The third-order valence-electron chi connectivity index (χ3n) is 3.10. The molecule has 2 N–H and O–H groups in total. The van der Waals surface area contributed by atoms with E-state index < -0.39 is 0 Å². The summed E-state index contributed by atoms with van der Waals surface area (Å²) in [5.41, 5.74) is -0.192. The van der Waals surface area contributed by atoms with Crippen molar-refractivity contribution in [3.63, 3.8) is 0 Å². The van der Waals surface area contributed by atoms with E-state index in [9.17, 15) is 4.79 Å². The lowest BCUT2D eigenvalue weighted by molar-refractivity contribution is -0.124. The molecule has 106 valence electrons. The summed E-state index contributed by atoms with van der Waals surface area (Å²) in [5, 5.41) is 6.22. The van der Waals surface area contributed by atoms with Crippen molar-refractivity contribution in [3.8, 4) is 0 Å². The number of carbonyl (C=O) groups is 1. The zero-order valence-corrected chi connectivity index (χ0v) is 12.6. The Hall–Kier alpha value is -0.610. The molecule has 1 saturated heterocycles. The predicted octanol–water partition coefficient (Wildman–Crippen LogP) is 1.84. The van der Waals surface area contributed by atoms with Gasteiger partial charge in [0.25, 0.3) is 0 Å². The van der Waals surface area contributed by atoms with Gasteiger partial charge in [-0.15, -0.1) is 0 Å². The van der Waals surface area contributed by atoms with E-state index in [0.717, 1.165) is 19.4 Å². The standard InChI is InChI=1S/C14H28N2O2/c1-10(12(17)16-13(2,3)4)15-9-11-7-8-14(5,6)18-11/h10-11,15H,7-9H2,1-6H3,(H,16,17). The van der Waals surface area contributed by atoms with E-state index >= 15 is 0 Å². The zero-order chi connectivity index (χ0) is 14.0. The highest BCUT2D eigenvalue weighted by Gasteiger charge is 2.31. The van der Waals surface area contributed by atoms with Gasteiger partial charge >= 0.3 is 0 Å². The lowest BCUT2D eigenvalue weighted by Crippen LogP contribution is -2.50. The van der Waals surface area contributed by atoms with Gasteiger partial charge in [0, 0.05) is 12.1 Å². The number of nitrogens with one attached hydrogen (secondary N) is 2. The molecule has 2 atom stereocenters. The fraction of sp³-hybridized carbons (Fsp3) is 0.929. The fourth-order valence-corrected chi connectivity index (χ4v) is 2.10. The first kappa shape index (κ1) is 15.4. The van der Waals surface area contributed by atoms with Crippen LogP contribution in [0, 0.1) is 0 Å². The molecule has 18 heavy (non-hydrogen) atoms. The molecule has 1 aliphatic rings. The summed E-state index contributed by atoms with van der Waals surface area (Å²) in [7, 11) is 0. The highest BCUT2D eigenvalue weighted by molar-refractivity contribution is 5.81. The smallest absolute Gasteiger partial charge is 0.237 e. The van der Waals surface area contributed by atoms with Crippen molar-refractivity contribution in [1.82, 2.24) is 10.6 Å². The van der Waals surface area contributed by atoms with Crippen LogP contribution in [0.3, 0.4) is 0 Å². The summed E-state index contributed by atoms with van der Waals surface area (Å²) in [6.07, 6.45) is 2.38. The molecule has 0 aromatic heterocycles. The van der Waals surface area contributed by atoms with Crippen LogP contribution in [0.15, 0.2) is 0 Å². The van der Waals surface area contributed by atoms with Gasteiger partial charge in [0.2, 0.25) is 5.91 Å². The molecule has 1 fully saturated rings. The van der Waals surface area contributed by atoms with Gasteiger partial charge in [0.1, 0.15) is 0 Å². The minimum atomic E-state index is -0.184. The first-order valence-electron chi connectivity index (χ1n) is 6.82.